The summed E-state index contributed by atoms with van der Waals surface area (Å²) in [5.41, 5.74) is 1.97. The van der Waals surface area contributed by atoms with Crippen molar-refractivity contribution < 1.29 is 4.79 Å². The number of Topliss-reactive ketones (excluding diaryl/α,β-unsaturated/α-hetero) is 1. The molecule has 0 unspecified atom stereocenters. The molecule has 0 N–H and O–H groups in total. The number of hydrogen-bond donors (Lipinski definition) is 0. The van der Waals surface area contributed by atoms with Crippen molar-refractivity contribution in [3.05, 3.63) is 35.7 Å². The number of hydrogen-bond acceptors (Lipinski definition) is 2. The van der Waals surface area contributed by atoms with E-state index in [1.807, 2.05) is 18.2 Å². The second kappa shape index (κ2) is 3.52. The first-order valence-corrected chi connectivity index (χ1v) is 4.50. The Morgan fingerprint density at radius 3 is 2.92 bits per heavy atom. The highest BCUT2D eigenvalue weighted by Gasteiger charge is 2.16. The van der Waals surface area contributed by atoms with Crippen molar-refractivity contribution in [2.24, 2.45) is 0 Å². The molecule has 0 saturated heterocycles. The average molecular weight is 173 g/mol. The Morgan fingerprint density at radius 1 is 1.38 bits per heavy atom. The number of ketones is 1. The number of pyridine rings is 1. The van der Waals surface area contributed by atoms with Gasteiger partial charge in [-0.15, -0.1) is 0 Å². The van der Waals surface area contributed by atoms with Gasteiger partial charge in [0, 0.05) is 18.8 Å². The van der Waals surface area contributed by atoms with E-state index >= 15 is 0 Å². The monoisotopic (exact) mass is 173 g/mol. The molecule has 0 aliphatic heterocycles. The van der Waals surface area contributed by atoms with Crippen molar-refractivity contribution in [1.82, 2.24) is 4.98 Å². The highest BCUT2D eigenvalue weighted by Crippen LogP contribution is 2.22. The Hall–Kier alpha value is -1.44. The third-order valence-corrected chi connectivity index (χ3v) is 2.23. The number of aromatic nitrogens is 1. The molecule has 1 fully saturated rings. The first-order chi connectivity index (χ1) is 6.36. The van der Waals surface area contributed by atoms with Crippen LogP contribution >= 0.6 is 0 Å². The Kier molecular flexibility index (Phi) is 2.21. The highest BCUT2D eigenvalue weighted by molar-refractivity contribution is 6.01. The van der Waals surface area contributed by atoms with Crippen LogP contribution in [0.25, 0.3) is 6.08 Å². The van der Waals surface area contributed by atoms with Gasteiger partial charge in [-0.2, -0.15) is 0 Å². The number of allylic oxidation sites excluding steroid dienone is 1. The summed E-state index contributed by atoms with van der Waals surface area (Å²) in [7, 11) is 0. The SMILES string of the molecule is O=C1CCC/C1=C/c1cccnc1. The zero-order valence-electron chi connectivity index (χ0n) is 7.36. The van der Waals surface area contributed by atoms with Crippen LogP contribution < -0.4 is 0 Å². The average Bonchev–Trinajstić information content (AvgIpc) is 2.54. The van der Waals surface area contributed by atoms with E-state index in [1.165, 1.54) is 0 Å². The van der Waals surface area contributed by atoms with Crippen molar-refractivity contribution in [3.8, 4) is 0 Å². The van der Waals surface area contributed by atoms with Crippen molar-refractivity contribution in [1.29, 1.82) is 0 Å². The van der Waals surface area contributed by atoms with Gasteiger partial charge in [0.15, 0.2) is 5.78 Å². The van der Waals surface area contributed by atoms with E-state index in [0.29, 0.717) is 12.2 Å². The van der Waals surface area contributed by atoms with Gasteiger partial charge in [0.1, 0.15) is 0 Å². The molecule has 1 aromatic rings. The second-order valence-corrected chi connectivity index (χ2v) is 3.23. The van der Waals surface area contributed by atoms with Gasteiger partial charge in [0.05, 0.1) is 0 Å². The molecule has 1 aliphatic rings. The molecular weight excluding hydrogens is 162 g/mol. The summed E-state index contributed by atoms with van der Waals surface area (Å²) < 4.78 is 0. The van der Waals surface area contributed by atoms with E-state index < -0.39 is 0 Å². The van der Waals surface area contributed by atoms with E-state index in [1.54, 1.807) is 12.4 Å². The first-order valence-electron chi connectivity index (χ1n) is 4.50. The third-order valence-electron chi connectivity index (χ3n) is 2.23. The Bertz CT molecular complexity index is 340. The van der Waals surface area contributed by atoms with Crippen LogP contribution in [0.5, 0.6) is 0 Å². The normalized spacial score (nSPS) is 19.7. The van der Waals surface area contributed by atoms with E-state index in [9.17, 15) is 4.79 Å². The lowest BCUT2D eigenvalue weighted by molar-refractivity contribution is -0.114. The van der Waals surface area contributed by atoms with Gasteiger partial charge in [-0.25, -0.2) is 0 Å². The Labute approximate surface area is 77.3 Å². The molecule has 1 aliphatic carbocycles. The Balaban J connectivity index is 2.25. The maximum atomic E-state index is 11.3. The van der Waals surface area contributed by atoms with Crippen LogP contribution in [0.15, 0.2) is 30.1 Å². The number of carbonyl (C=O) groups is 1. The van der Waals surface area contributed by atoms with Crippen LogP contribution in [-0.2, 0) is 4.79 Å². The van der Waals surface area contributed by atoms with Gasteiger partial charge in [0.2, 0.25) is 0 Å². The van der Waals surface area contributed by atoms with Crippen LogP contribution in [0.4, 0.5) is 0 Å². The zero-order chi connectivity index (χ0) is 9.10. The summed E-state index contributed by atoms with van der Waals surface area (Å²) in [5, 5.41) is 0. The van der Waals surface area contributed by atoms with Crippen LogP contribution in [0, 0.1) is 0 Å². The largest absolute Gasteiger partial charge is 0.295 e. The maximum Gasteiger partial charge on any atom is 0.158 e. The highest BCUT2D eigenvalue weighted by atomic mass is 16.1. The van der Waals surface area contributed by atoms with E-state index in [0.717, 1.165) is 24.0 Å². The number of nitrogens with zero attached hydrogens (tertiary/aromatic N) is 1. The minimum Gasteiger partial charge on any atom is -0.295 e. The lowest BCUT2D eigenvalue weighted by Crippen LogP contribution is -1.90. The molecule has 0 radical (unpaired) electrons. The van der Waals surface area contributed by atoms with Gasteiger partial charge < -0.3 is 0 Å². The lowest BCUT2D eigenvalue weighted by atomic mass is 10.1. The molecule has 1 heterocycles. The van der Waals surface area contributed by atoms with Crippen molar-refractivity contribution >= 4 is 11.9 Å². The van der Waals surface area contributed by atoms with Crippen LogP contribution in [-0.4, -0.2) is 10.8 Å². The fraction of sp³-hybridized carbons (Fsp3) is 0.273. The van der Waals surface area contributed by atoms with Gasteiger partial charge in [-0.3, -0.25) is 9.78 Å². The fourth-order valence-corrected chi connectivity index (χ4v) is 1.55. The van der Waals surface area contributed by atoms with E-state index in [2.05, 4.69) is 4.98 Å². The molecule has 2 heteroatoms. The quantitative estimate of drug-likeness (QED) is 0.609. The maximum absolute atomic E-state index is 11.3. The molecule has 2 rings (SSSR count). The van der Waals surface area contributed by atoms with Crippen molar-refractivity contribution in [3.63, 3.8) is 0 Å². The number of rotatable bonds is 1. The summed E-state index contributed by atoms with van der Waals surface area (Å²) in [6.07, 6.45) is 8.10. The van der Waals surface area contributed by atoms with Gasteiger partial charge in [-0.05, 0) is 36.1 Å². The van der Waals surface area contributed by atoms with E-state index in [4.69, 9.17) is 0 Å². The molecule has 1 aromatic heterocycles. The van der Waals surface area contributed by atoms with Crippen LogP contribution in [0.3, 0.4) is 0 Å². The third kappa shape index (κ3) is 1.83. The molecule has 0 spiro atoms. The molecule has 1 saturated carbocycles. The standard InChI is InChI=1S/C11H11NO/c13-11-5-1-4-10(11)7-9-3-2-6-12-8-9/h2-3,6-8H,1,4-5H2/b10-7-. The molecule has 2 nitrogen and oxygen atoms in total. The topological polar surface area (TPSA) is 30.0 Å². The van der Waals surface area contributed by atoms with Crippen molar-refractivity contribution in [2.45, 2.75) is 19.3 Å². The summed E-state index contributed by atoms with van der Waals surface area (Å²) in [4.78, 5) is 15.3. The molecular formula is C11H11NO. The minimum atomic E-state index is 0.295. The lowest BCUT2D eigenvalue weighted by Gasteiger charge is -1.94. The van der Waals surface area contributed by atoms with Crippen molar-refractivity contribution in [2.75, 3.05) is 0 Å². The smallest absolute Gasteiger partial charge is 0.158 e. The van der Waals surface area contributed by atoms with Gasteiger partial charge in [0.25, 0.3) is 0 Å². The molecule has 0 bridgehead atoms. The second-order valence-electron chi connectivity index (χ2n) is 3.23. The van der Waals surface area contributed by atoms with Crippen LogP contribution in [0.2, 0.25) is 0 Å². The predicted octanol–water partition coefficient (Wildman–Crippen LogP) is 2.22. The van der Waals surface area contributed by atoms with Gasteiger partial charge in [-0.1, -0.05) is 6.07 Å². The predicted molar refractivity (Wildman–Crippen MR) is 51.1 cm³/mol. The molecule has 0 aromatic carbocycles. The first kappa shape index (κ1) is 8.17. The van der Waals surface area contributed by atoms with Crippen LogP contribution in [0.1, 0.15) is 24.8 Å². The molecule has 0 atom stereocenters. The Morgan fingerprint density at radius 2 is 2.31 bits per heavy atom. The minimum absolute atomic E-state index is 0.295. The summed E-state index contributed by atoms with van der Waals surface area (Å²) in [6, 6.07) is 3.84. The fourth-order valence-electron chi connectivity index (χ4n) is 1.55. The molecule has 13 heavy (non-hydrogen) atoms. The summed E-state index contributed by atoms with van der Waals surface area (Å²) >= 11 is 0. The van der Waals surface area contributed by atoms with E-state index in [-0.39, 0.29) is 0 Å². The molecule has 0 amide bonds. The number of carbonyl (C=O) groups excluding carboxylic acids is 1. The zero-order valence-corrected chi connectivity index (χ0v) is 7.36. The molecule has 66 valence electrons. The summed E-state index contributed by atoms with van der Waals surface area (Å²) in [5.74, 6) is 0.295. The summed E-state index contributed by atoms with van der Waals surface area (Å²) in [6.45, 7) is 0. The van der Waals surface area contributed by atoms with Gasteiger partial charge >= 0.3 is 0 Å².